The topological polar surface area (TPSA) is 89.8 Å². The summed E-state index contributed by atoms with van der Waals surface area (Å²) in [7, 11) is 0. The van der Waals surface area contributed by atoms with Crippen molar-refractivity contribution in [2.75, 3.05) is 6.79 Å². The number of para-hydroxylation sites is 1. The molecule has 1 unspecified atom stereocenters. The predicted octanol–water partition coefficient (Wildman–Crippen LogP) is 2.48. The zero-order valence-electron chi connectivity index (χ0n) is 15.2. The molecule has 0 spiro atoms. The first-order valence-electron chi connectivity index (χ1n) is 9.10. The van der Waals surface area contributed by atoms with Crippen molar-refractivity contribution in [3.63, 3.8) is 0 Å². The molecule has 0 bridgehead atoms. The minimum atomic E-state index is -0.602. The SMILES string of the molecule is CC1Cc2cccc3c(O)c(C(=O)NCc4ccc5c(c4)OCO5)c(=O)n1c23. The van der Waals surface area contributed by atoms with Crippen LogP contribution in [0.3, 0.4) is 0 Å². The lowest BCUT2D eigenvalue weighted by atomic mass is 10.1. The number of hydrogen-bond acceptors (Lipinski definition) is 5. The van der Waals surface area contributed by atoms with Crippen LogP contribution in [0.4, 0.5) is 0 Å². The summed E-state index contributed by atoms with van der Waals surface area (Å²) in [5.41, 5.74) is 1.83. The van der Waals surface area contributed by atoms with Crippen molar-refractivity contribution >= 4 is 16.8 Å². The highest BCUT2D eigenvalue weighted by Gasteiger charge is 2.29. The lowest BCUT2D eigenvalue weighted by Gasteiger charge is -2.14. The molecule has 3 heterocycles. The third-order valence-electron chi connectivity index (χ3n) is 5.36. The molecule has 7 heteroatoms. The fraction of sp³-hybridized carbons (Fsp3) is 0.238. The largest absolute Gasteiger partial charge is 0.506 e. The lowest BCUT2D eigenvalue weighted by Crippen LogP contribution is -2.33. The van der Waals surface area contributed by atoms with Gasteiger partial charge in [-0.15, -0.1) is 0 Å². The standard InChI is InChI=1S/C21H18N2O5/c1-11-7-13-3-2-4-14-18(13)23(11)21(26)17(19(14)24)20(25)22-9-12-5-6-15-16(8-12)28-10-27-15/h2-6,8,11,24H,7,9-10H2,1H3,(H,22,25). The molecule has 0 saturated heterocycles. The van der Waals surface area contributed by atoms with Crippen LogP contribution in [-0.2, 0) is 13.0 Å². The third kappa shape index (κ3) is 2.36. The first kappa shape index (κ1) is 16.7. The van der Waals surface area contributed by atoms with Crippen molar-refractivity contribution in [1.82, 2.24) is 9.88 Å². The number of nitrogens with one attached hydrogen (secondary N) is 1. The maximum atomic E-state index is 13.0. The first-order valence-corrected chi connectivity index (χ1v) is 9.10. The summed E-state index contributed by atoms with van der Waals surface area (Å²) in [6.45, 7) is 2.31. The number of hydrogen-bond donors (Lipinski definition) is 2. The van der Waals surface area contributed by atoms with E-state index in [-0.39, 0.29) is 30.7 Å². The second kappa shape index (κ2) is 6.02. The van der Waals surface area contributed by atoms with Crippen LogP contribution in [0.25, 0.3) is 10.9 Å². The van der Waals surface area contributed by atoms with Crippen LogP contribution in [0.2, 0.25) is 0 Å². The summed E-state index contributed by atoms with van der Waals surface area (Å²) >= 11 is 0. The Balaban J connectivity index is 1.50. The van der Waals surface area contributed by atoms with Gasteiger partial charge >= 0.3 is 0 Å². The van der Waals surface area contributed by atoms with Gasteiger partial charge in [-0.05, 0) is 42.7 Å². The van der Waals surface area contributed by atoms with E-state index >= 15 is 0 Å². The molecule has 1 atom stereocenters. The summed E-state index contributed by atoms with van der Waals surface area (Å²) in [5.74, 6) is 0.411. The molecular weight excluding hydrogens is 360 g/mol. The van der Waals surface area contributed by atoms with Gasteiger partial charge in [-0.2, -0.15) is 0 Å². The number of aromatic hydroxyl groups is 1. The van der Waals surface area contributed by atoms with E-state index in [1.54, 1.807) is 22.8 Å². The summed E-state index contributed by atoms with van der Waals surface area (Å²) in [6, 6.07) is 10.8. The van der Waals surface area contributed by atoms with Crippen molar-refractivity contribution in [3.8, 4) is 17.2 Å². The average molecular weight is 378 g/mol. The van der Waals surface area contributed by atoms with Crippen LogP contribution in [0, 0.1) is 0 Å². The molecule has 1 amide bonds. The van der Waals surface area contributed by atoms with Gasteiger partial charge in [0, 0.05) is 18.0 Å². The number of ether oxygens (including phenoxy) is 2. The van der Waals surface area contributed by atoms with Crippen LogP contribution >= 0.6 is 0 Å². The molecule has 0 radical (unpaired) electrons. The molecule has 0 saturated carbocycles. The second-order valence-electron chi connectivity index (χ2n) is 7.14. The quantitative estimate of drug-likeness (QED) is 0.731. The molecule has 28 heavy (non-hydrogen) atoms. The summed E-state index contributed by atoms with van der Waals surface area (Å²) in [5, 5.41) is 13.9. The molecule has 2 N–H and O–H groups in total. The smallest absolute Gasteiger partial charge is 0.267 e. The van der Waals surface area contributed by atoms with Gasteiger partial charge in [0.2, 0.25) is 6.79 Å². The Morgan fingerprint density at radius 2 is 2.07 bits per heavy atom. The summed E-state index contributed by atoms with van der Waals surface area (Å²) in [4.78, 5) is 25.8. The Kier molecular flexibility index (Phi) is 3.58. The van der Waals surface area contributed by atoms with Crippen LogP contribution < -0.4 is 20.3 Å². The molecule has 142 valence electrons. The van der Waals surface area contributed by atoms with E-state index in [2.05, 4.69) is 5.32 Å². The maximum absolute atomic E-state index is 13.0. The molecule has 2 aliphatic heterocycles. The average Bonchev–Trinajstić information content (AvgIpc) is 3.28. The normalized spacial score (nSPS) is 16.5. The van der Waals surface area contributed by atoms with Gasteiger partial charge < -0.3 is 24.5 Å². The molecular formula is C21H18N2O5. The Hall–Kier alpha value is -3.48. The number of pyridine rings is 1. The van der Waals surface area contributed by atoms with Crippen LogP contribution in [0.5, 0.6) is 17.2 Å². The Morgan fingerprint density at radius 3 is 2.93 bits per heavy atom. The summed E-state index contributed by atoms with van der Waals surface area (Å²) < 4.78 is 12.2. The zero-order valence-corrected chi connectivity index (χ0v) is 15.2. The minimum Gasteiger partial charge on any atom is -0.506 e. The zero-order chi connectivity index (χ0) is 19.4. The van der Waals surface area contributed by atoms with Crippen LogP contribution in [0.15, 0.2) is 41.2 Å². The number of nitrogens with zero attached hydrogens (tertiary/aromatic N) is 1. The van der Waals surface area contributed by atoms with E-state index in [0.717, 1.165) is 11.1 Å². The van der Waals surface area contributed by atoms with Crippen LogP contribution in [-0.4, -0.2) is 22.4 Å². The number of aromatic nitrogens is 1. The van der Waals surface area contributed by atoms with E-state index in [1.165, 1.54) is 0 Å². The highest BCUT2D eigenvalue weighted by molar-refractivity contribution is 6.03. The number of benzene rings is 2. The number of carbonyl (C=O) groups excluding carboxylic acids is 1. The first-order chi connectivity index (χ1) is 13.5. The van der Waals surface area contributed by atoms with Crippen molar-refractivity contribution in [1.29, 1.82) is 0 Å². The van der Waals surface area contributed by atoms with E-state index in [4.69, 9.17) is 9.47 Å². The molecule has 0 fully saturated rings. The van der Waals surface area contributed by atoms with Crippen LogP contribution in [0.1, 0.15) is 34.5 Å². The van der Waals surface area contributed by atoms with Gasteiger partial charge in [0.15, 0.2) is 11.5 Å². The number of rotatable bonds is 3. The fourth-order valence-corrected chi connectivity index (χ4v) is 4.05. The van der Waals surface area contributed by atoms with E-state index in [1.807, 2.05) is 25.1 Å². The molecule has 2 aliphatic rings. The molecule has 5 rings (SSSR count). The lowest BCUT2D eigenvalue weighted by molar-refractivity contribution is 0.0946. The number of amides is 1. The predicted molar refractivity (Wildman–Crippen MR) is 102 cm³/mol. The molecule has 1 aromatic heterocycles. The van der Waals surface area contributed by atoms with Gasteiger partial charge in [-0.1, -0.05) is 18.2 Å². The van der Waals surface area contributed by atoms with Gasteiger partial charge in [0.1, 0.15) is 11.3 Å². The van der Waals surface area contributed by atoms with Crippen molar-refractivity contribution < 1.29 is 19.4 Å². The summed E-state index contributed by atoms with van der Waals surface area (Å²) in [6.07, 6.45) is 0.703. The highest BCUT2D eigenvalue weighted by Crippen LogP contribution is 2.36. The molecule has 7 nitrogen and oxygen atoms in total. The van der Waals surface area contributed by atoms with Crippen molar-refractivity contribution in [2.45, 2.75) is 25.9 Å². The number of carbonyl (C=O) groups is 1. The minimum absolute atomic E-state index is 0.0617. The van der Waals surface area contributed by atoms with Gasteiger partial charge in [0.05, 0.1) is 5.52 Å². The van der Waals surface area contributed by atoms with Gasteiger partial charge in [0.25, 0.3) is 11.5 Å². The Bertz CT molecular complexity index is 1200. The monoisotopic (exact) mass is 378 g/mol. The Labute approximate surface area is 160 Å². The van der Waals surface area contributed by atoms with E-state index < -0.39 is 11.5 Å². The van der Waals surface area contributed by atoms with Gasteiger partial charge in [-0.25, -0.2) is 0 Å². The third-order valence-corrected chi connectivity index (χ3v) is 5.36. The van der Waals surface area contributed by atoms with E-state index in [0.29, 0.717) is 28.8 Å². The molecule has 0 aliphatic carbocycles. The Morgan fingerprint density at radius 1 is 1.25 bits per heavy atom. The highest BCUT2D eigenvalue weighted by atomic mass is 16.7. The van der Waals surface area contributed by atoms with Crippen molar-refractivity contribution in [3.05, 3.63) is 63.4 Å². The van der Waals surface area contributed by atoms with E-state index in [9.17, 15) is 14.7 Å². The number of fused-ring (bicyclic) bond motifs is 1. The fourth-order valence-electron chi connectivity index (χ4n) is 4.05. The van der Waals surface area contributed by atoms with Crippen molar-refractivity contribution in [2.24, 2.45) is 0 Å². The molecule has 3 aromatic rings. The van der Waals surface area contributed by atoms with Gasteiger partial charge in [-0.3, -0.25) is 9.59 Å². The second-order valence-corrected chi connectivity index (χ2v) is 7.14. The maximum Gasteiger partial charge on any atom is 0.267 e. The molecule has 2 aromatic carbocycles.